The maximum Gasteiger partial charge on any atom is 0.238 e. The van der Waals surface area contributed by atoms with Gasteiger partial charge < -0.3 is 0 Å². The average molecular weight is 307 g/mol. The van der Waals surface area contributed by atoms with Crippen LogP contribution in [-0.2, 0) is 17.0 Å². The zero-order chi connectivity index (χ0) is 14.4. The highest BCUT2D eigenvalue weighted by atomic mass is 35.5. The predicted molar refractivity (Wildman–Crippen MR) is 83.5 cm³/mol. The molecule has 0 saturated heterocycles. The molecule has 3 nitrogen and oxygen atoms in total. The highest BCUT2D eigenvalue weighted by Crippen LogP contribution is 2.24. The van der Waals surface area contributed by atoms with Gasteiger partial charge in [0.25, 0.3) is 0 Å². The molecule has 2 aromatic rings. The molecule has 0 fully saturated rings. The number of hydrogen-bond acceptors (Lipinski definition) is 3. The smallest absolute Gasteiger partial charge is 0.238 e. The summed E-state index contributed by atoms with van der Waals surface area (Å²) in [6.45, 7) is 0. The van der Waals surface area contributed by atoms with Crippen molar-refractivity contribution < 1.29 is 4.79 Å². The van der Waals surface area contributed by atoms with Crippen LogP contribution in [0.15, 0.2) is 53.4 Å². The van der Waals surface area contributed by atoms with Crippen LogP contribution in [0.2, 0.25) is 5.02 Å². The van der Waals surface area contributed by atoms with E-state index in [2.05, 4.69) is 5.43 Å². The fourth-order valence-electron chi connectivity index (χ4n) is 1.69. The largest absolute Gasteiger partial charge is 0.294 e. The van der Waals surface area contributed by atoms with Gasteiger partial charge in [0.05, 0.1) is 6.42 Å². The summed E-state index contributed by atoms with van der Waals surface area (Å²) in [5.41, 5.74) is 4.29. The van der Waals surface area contributed by atoms with Crippen LogP contribution >= 0.6 is 23.4 Å². The summed E-state index contributed by atoms with van der Waals surface area (Å²) >= 11 is 7.60. The van der Waals surface area contributed by atoms with E-state index >= 15 is 0 Å². The maximum atomic E-state index is 11.2. The Morgan fingerprint density at radius 1 is 1.05 bits per heavy atom. The van der Waals surface area contributed by atoms with Crippen molar-refractivity contribution >= 4 is 29.3 Å². The van der Waals surface area contributed by atoms with Crippen LogP contribution in [0, 0.1) is 0 Å². The van der Waals surface area contributed by atoms with Gasteiger partial charge in [-0.2, -0.15) is 0 Å². The molecule has 0 aliphatic carbocycles. The van der Waals surface area contributed by atoms with Gasteiger partial charge in [0, 0.05) is 15.7 Å². The van der Waals surface area contributed by atoms with E-state index in [-0.39, 0.29) is 5.91 Å². The van der Waals surface area contributed by atoms with Crippen LogP contribution in [0.1, 0.15) is 11.1 Å². The molecule has 2 aromatic carbocycles. The molecule has 0 saturated carbocycles. The highest BCUT2D eigenvalue weighted by molar-refractivity contribution is 7.98. The molecule has 0 unspecified atom stereocenters. The molecule has 0 aliphatic heterocycles. The van der Waals surface area contributed by atoms with E-state index in [1.807, 2.05) is 48.5 Å². The molecule has 1 amide bonds. The lowest BCUT2D eigenvalue weighted by molar-refractivity contribution is -0.120. The third-order valence-electron chi connectivity index (χ3n) is 2.77. The van der Waals surface area contributed by atoms with Crippen molar-refractivity contribution in [3.63, 3.8) is 0 Å². The Balaban J connectivity index is 1.90. The van der Waals surface area contributed by atoms with Gasteiger partial charge in [0.1, 0.15) is 0 Å². The van der Waals surface area contributed by atoms with Crippen molar-refractivity contribution in [3.8, 4) is 0 Å². The number of halogens is 1. The molecular weight excluding hydrogens is 292 g/mol. The summed E-state index contributed by atoms with van der Waals surface area (Å²) in [6.07, 6.45) is 0.307. The molecule has 20 heavy (non-hydrogen) atoms. The molecule has 0 radical (unpaired) electrons. The minimum absolute atomic E-state index is 0.187. The van der Waals surface area contributed by atoms with Gasteiger partial charge in [-0.15, -0.1) is 11.8 Å². The van der Waals surface area contributed by atoms with E-state index in [0.29, 0.717) is 6.42 Å². The van der Waals surface area contributed by atoms with E-state index in [9.17, 15) is 4.79 Å². The van der Waals surface area contributed by atoms with E-state index in [4.69, 9.17) is 17.4 Å². The van der Waals surface area contributed by atoms with Gasteiger partial charge in [-0.1, -0.05) is 35.9 Å². The summed E-state index contributed by atoms with van der Waals surface area (Å²) in [7, 11) is 0. The minimum Gasteiger partial charge on any atom is -0.294 e. The van der Waals surface area contributed by atoms with E-state index in [1.54, 1.807) is 11.8 Å². The molecule has 0 atom stereocenters. The topological polar surface area (TPSA) is 55.1 Å². The predicted octanol–water partition coefficient (Wildman–Crippen LogP) is 3.16. The Morgan fingerprint density at radius 3 is 2.25 bits per heavy atom. The molecule has 104 valence electrons. The summed E-state index contributed by atoms with van der Waals surface area (Å²) < 4.78 is 0. The normalized spacial score (nSPS) is 10.3. The Bertz CT molecular complexity index is 569. The van der Waals surface area contributed by atoms with Crippen LogP contribution in [0.3, 0.4) is 0 Å². The summed E-state index contributed by atoms with van der Waals surface area (Å²) in [5.74, 6) is 5.75. The zero-order valence-corrected chi connectivity index (χ0v) is 12.4. The monoisotopic (exact) mass is 306 g/mol. The Labute approximate surface area is 127 Å². The number of carbonyl (C=O) groups excluding carboxylic acids is 1. The number of rotatable bonds is 5. The zero-order valence-electron chi connectivity index (χ0n) is 10.8. The van der Waals surface area contributed by atoms with Gasteiger partial charge in [0.15, 0.2) is 0 Å². The van der Waals surface area contributed by atoms with Crippen LogP contribution in [-0.4, -0.2) is 5.91 Å². The quantitative estimate of drug-likeness (QED) is 0.386. The minimum atomic E-state index is -0.187. The molecule has 0 aromatic heterocycles. The van der Waals surface area contributed by atoms with Gasteiger partial charge in [0.2, 0.25) is 5.91 Å². The molecule has 0 heterocycles. The number of amides is 1. The number of nitrogens with two attached hydrogens (primary N) is 1. The van der Waals surface area contributed by atoms with Crippen LogP contribution < -0.4 is 11.3 Å². The van der Waals surface area contributed by atoms with Gasteiger partial charge >= 0.3 is 0 Å². The molecule has 2 rings (SSSR count). The number of benzene rings is 2. The first kappa shape index (κ1) is 14.9. The Morgan fingerprint density at radius 2 is 1.65 bits per heavy atom. The lowest BCUT2D eigenvalue weighted by Gasteiger charge is -2.04. The van der Waals surface area contributed by atoms with Crippen LogP contribution in [0.5, 0.6) is 0 Å². The highest BCUT2D eigenvalue weighted by Gasteiger charge is 2.02. The first-order chi connectivity index (χ1) is 9.67. The number of carbonyl (C=O) groups is 1. The number of nitrogens with one attached hydrogen (secondary N) is 1. The van der Waals surface area contributed by atoms with Crippen molar-refractivity contribution in [2.45, 2.75) is 17.1 Å². The van der Waals surface area contributed by atoms with Crippen molar-refractivity contribution in [3.05, 3.63) is 64.7 Å². The molecule has 0 spiro atoms. The van der Waals surface area contributed by atoms with Gasteiger partial charge in [-0.25, -0.2) is 5.84 Å². The molecule has 0 bridgehead atoms. The number of thioether (sulfide) groups is 1. The number of hydrazine groups is 1. The Hall–Kier alpha value is -1.49. The third-order valence-corrected chi connectivity index (χ3v) is 4.10. The molecule has 0 aliphatic rings. The van der Waals surface area contributed by atoms with Crippen molar-refractivity contribution in [2.24, 2.45) is 5.84 Å². The fraction of sp³-hybridized carbons (Fsp3) is 0.133. The molecule has 5 heteroatoms. The first-order valence-electron chi connectivity index (χ1n) is 6.13. The summed E-state index contributed by atoms with van der Waals surface area (Å²) in [6, 6.07) is 15.8. The fourth-order valence-corrected chi connectivity index (χ4v) is 2.67. The van der Waals surface area contributed by atoms with E-state index in [0.717, 1.165) is 16.3 Å². The van der Waals surface area contributed by atoms with Crippen molar-refractivity contribution in [2.75, 3.05) is 0 Å². The maximum absolute atomic E-state index is 11.2. The van der Waals surface area contributed by atoms with Crippen LogP contribution in [0.4, 0.5) is 0 Å². The van der Waals surface area contributed by atoms with Gasteiger partial charge in [-0.3, -0.25) is 10.2 Å². The molecule has 3 N–H and O–H groups in total. The van der Waals surface area contributed by atoms with Crippen LogP contribution in [0.25, 0.3) is 0 Å². The standard InChI is InChI=1S/C15H15ClN2OS/c16-13-5-7-14(8-6-13)20-10-12-3-1-11(2-4-12)9-15(19)18-17/h1-8H,9-10,17H2,(H,18,19). The average Bonchev–Trinajstić information content (AvgIpc) is 2.48. The second-order valence-electron chi connectivity index (χ2n) is 4.30. The first-order valence-corrected chi connectivity index (χ1v) is 7.49. The lowest BCUT2D eigenvalue weighted by Crippen LogP contribution is -2.31. The SMILES string of the molecule is NNC(=O)Cc1ccc(CSc2ccc(Cl)cc2)cc1. The van der Waals surface area contributed by atoms with Gasteiger partial charge in [-0.05, 0) is 35.4 Å². The van der Waals surface area contributed by atoms with Crippen molar-refractivity contribution in [1.29, 1.82) is 0 Å². The Kier molecular flexibility index (Phi) is 5.47. The summed E-state index contributed by atoms with van der Waals surface area (Å²) in [5, 5.41) is 0.747. The summed E-state index contributed by atoms with van der Waals surface area (Å²) in [4.78, 5) is 12.3. The van der Waals surface area contributed by atoms with Crippen molar-refractivity contribution in [1.82, 2.24) is 5.43 Å². The lowest BCUT2D eigenvalue weighted by atomic mass is 10.1. The van der Waals surface area contributed by atoms with E-state index < -0.39 is 0 Å². The molecular formula is C15H15ClN2OS. The third kappa shape index (κ3) is 4.56. The second kappa shape index (κ2) is 7.33. The number of hydrogen-bond donors (Lipinski definition) is 2. The second-order valence-corrected chi connectivity index (χ2v) is 5.79. The van der Waals surface area contributed by atoms with E-state index in [1.165, 1.54) is 10.5 Å².